The van der Waals surface area contributed by atoms with Crippen molar-refractivity contribution < 1.29 is 14.1 Å². The first-order valence-electron chi connectivity index (χ1n) is 6.37. The molecule has 0 aromatic heterocycles. The number of nitro groups is 1. The summed E-state index contributed by atoms with van der Waals surface area (Å²) in [5.74, 6) is -0.997. The molecule has 1 aliphatic rings. The lowest BCUT2D eigenvalue weighted by Crippen LogP contribution is -2.43. The Labute approximate surface area is 115 Å². The number of halogens is 1. The van der Waals surface area contributed by atoms with E-state index in [9.17, 15) is 19.3 Å². The molecule has 7 heteroatoms. The Balaban J connectivity index is 2.27. The molecular formula is C13H16FN3O3. The van der Waals surface area contributed by atoms with Crippen molar-refractivity contribution in [2.75, 3.05) is 13.6 Å². The molecule has 108 valence electrons. The van der Waals surface area contributed by atoms with Crippen LogP contribution in [-0.2, 0) is 0 Å². The monoisotopic (exact) mass is 281 g/mol. The molecule has 1 amide bonds. The Bertz CT molecular complexity index is 546. The molecule has 1 aromatic carbocycles. The van der Waals surface area contributed by atoms with Crippen molar-refractivity contribution in [1.82, 2.24) is 4.90 Å². The van der Waals surface area contributed by atoms with Crippen LogP contribution in [0.25, 0.3) is 0 Å². The van der Waals surface area contributed by atoms with Crippen molar-refractivity contribution in [3.05, 3.63) is 39.7 Å². The summed E-state index contributed by atoms with van der Waals surface area (Å²) in [5, 5.41) is 10.7. The highest BCUT2D eigenvalue weighted by atomic mass is 19.1. The van der Waals surface area contributed by atoms with E-state index in [0.717, 1.165) is 31.0 Å². The van der Waals surface area contributed by atoms with Crippen molar-refractivity contribution in [3.8, 4) is 0 Å². The predicted molar refractivity (Wildman–Crippen MR) is 70.7 cm³/mol. The quantitative estimate of drug-likeness (QED) is 0.655. The van der Waals surface area contributed by atoms with Crippen molar-refractivity contribution in [2.45, 2.75) is 18.9 Å². The van der Waals surface area contributed by atoms with Gasteiger partial charge in [-0.3, -0.25) is 14.9 Å². The Morgan fingerprint density at radius 2 is 2.25 bits per heavy atom. The third-order valence-corrected chi connectivity index (χ3v) is 3.62. The van der Waals surface area contributed by atoms with Gasteiger partial charge in [-0.25, -0.2) is 4.39 Å². The highest BCUT2D eigenvalue weighted by Crippen LogP contribution is 2.35. The number of hydrogen-bond donors (Lipinski definition) is 1. The number of likely N-dealkylation sites (N-methyl/N-ethyl adjacent to an activating group) is 1. The normalized spacial score (nSPS) is 15.8. The van der Waals surface area contributed by atoms with Gasteiger partial charge in [0, 0.05) is 31.8 Å². The lowest BCUT2D eigenvalue weighted by molar-refractivity contribution is -0.384. The molecule has 0 aliphatic heterocycles. The van der Waals surface area contributed by atoms with E-state index >= 15 is 0 Å². The maximum atomic E-state index is 13.7. The van der Waals surface area contributed by atoms with Crippen LogP contribution in [0.3, 0.4) is 0 Å². The number of rotatable bonds is 5. The minimum absolute atomic E-state index is 0.152. The van der Waals surface area contributed by atoms with Gasteiger partial charge in [0.05, 0.1) is 10.5 Å². The maximum Gasteiger partial charge on any atom is 0.270 e. The lowest BCUT2D eigenvalue weighted by atomic mass is 10.1. The smallest absolute Gasteiger partial charge is 0.270 e. The Kier molecular flexibility index (Phi) is 3.99. The summed E-state index contributed by atoms with van der Waals surface area (Å²) in [4.78, 5) is 23.7. The van der Waals surface area contributed by atoms with Gasteiger partial charge in [-0.15, -0.1) is 0 Å². The molecule has 20 heavy (non-hydrogen) atoms. The van der Waals surface area contributed by atoms with Crippen LogP contribution in [-0.4, -0.2) is 35.4 Å². The van der Waals surface area contributed by atoms with Crippen LogP contribution < -0.4 is 5.73 Å². The highest BCUT2D eigenvalue weighted by molar-refractivity contribution is 5.95. The van der Waals surface area contributed by atoms with Gasteiger partial charge in [-0.1, -0.05) is 0 Å². The van der Waals surface area contributed by atoms with Crippen molar-refractivity contribution >= 4 is 11.6 Å². The van der Waals surface area contributed by atoms with E-state index in [0.29, 0.717) is 12.5 Å². The summed E-state index contributed by atoms with van der Waals surface area (Å²) < 4.78 is 13.7. The highest BCUT2D eigenvalue weighted by Gasteiger charge is 2.35. The van der Waals surface area contributed by atoms with E-state index in [-0.39, 0.29) is 17.3 Å². The van der Waals surface area contributed by atoms with Crippen LogP contribution in [0.1, 0.15) is 23.2 Å². The molecule has 0 radical (unpaired) electrons. The minimum Gasteiger partial charge on any atom is -0.337 e. The third kappa shape index (κ3) is 2.77. The zero-order valence-corrected chi connectivity index (χ0v) is 11.1. The molecule has 0 saturated heterocycles. The van der Waals surface area contributed by atoms with Crippen LogP contribution in [0, 0.1) is 21.8 Å². The average Bonchev–Trinajstić information content (AvgIpc) is 3.23. The molecular weight excluding hydrogens is 265 g/mol. The van der Waals surface area contributed by atoms with Gasteiger partial charge < -0.3 is 10.6 Å². The lowest BCUT2D eigenvalue weighted by Gasteiger charge is -2.27. The number of nitro benzene ring substituents is 1. The second kappa shape index (κ2) is 5.54. The fourth-order valence-electron chi connectivity index (χ4n) is 2.28. The van der Waals surface area contributed by atoms with Crippen molar-refractivity contribution in [2.24, 2.45) is 11.7 Å². The standard InChI is InChI=1S/C13H16FN3O3/c1-16(12(7-15)8-2-3-8)13(18)10-6-9(17(19)20)4-5-11(10)14/h4-6,8,12H,2-3,7,15H2,1H3. The van der Waals surface area contributed by atoms with E-state index in [2.05, 4.69) is 0 Å². The molecule has 1 fully saturated rings. The van der Waals surface area contributed by atoms with Crippen LogP contribution in [0.5, 0.6) is 0 Å². The van der Waals surface area contributed by atoms with Gasteiger partial charge >= 0.3 is 0 Å². The fourth-order valence-corrected chi connectivity index (χ4v) is 2.28. The molecule has 1 aliphatic carbocycles. The third-order valence-electron chi connectivity index (χ3n) is 3.62. The van der Waals surface area contributed by atoms with Crippen molar-refractivity contribution in [1.29, 1.82) is 0 Å². The number of non-ortho nitro benzene ring substituents is 1. The Hall–Kier alpha value is -2.02. The van der Waals surface area contributed by atoms with E-state index < -0.39 is 16.6 Å². The number of nitrogens with two attached hydrogens (primary N) is 1. The maximum absolute atomic E-state index is 13.7. The number of hydrogen-bond acceptors (Lipinski definition) is 4. The molecule has 1 saturated carbocycles. The van der Waals surface area contributed by atoms with Gasteiger partial charge in [-0.05, 0) is 24.8 Å². The predicted octanol–water partition coefficient (Wildman–Crippen LogP) is 1.54. The molecule has 1 aromatic rings. The summed E-state index contributed by atoms with van der Waals surface area (Å²) >= 11 is 0. The zero-order valence-electron chi connectivity index (χ0n) is 11.1. The molecule has 0 heterocycles. The summed E-state index contributed by atoms with van der Waals surface area (Å²) in [6.07, 6.45) is 1.99. The first-order valence-corrected chi connectivity index (χ1v) is 6.37. The number of nitrogens with zero attached hydrogens (tertiary/aromatic N) is 2. The average molecular weight is 281 g/mol. The minimum atomic E-state index is -0.765. The number of benzene rings is 1. The van der Waals surface area contributed by atoms with Gasteiger partial charge in [-0.2, -0.15) is 0 Å². The van der Waals surface area contributed by atoms with E-state index in [1.165, 1.54) is 4.90 Å². The number of carbonyl (C=O) groups excluding carboxylic acids is 1. The van der Waals surface area contributed by atoms with Gasteiger partial charge in [0.2, 0.25) is 0 Å². The second-order valence-corrected chi connectivity index (χ2v) is 4.98. The number of amides is 1. The van der Waals surface area contributed by atoms with Gasteiger partial charge in [0.15, 0.2) is 0 Å². The molecule has 2 rings (SSSR count). The van der Waals surface area contributed by atoms with Gasteiger partial charge in [0.25, 0.3) is 11.6 Å². The molecule has 6 nitrogen and oxygen atoms in total. The van der Waals surface area contributed by atoms with Crippen LogP contribution in [0.4, 0.5) is 10.1 Å². The summed E-state index contributed by atoms with van der Waals surface area (Å²) in [6, 6.07) is 2.79. The number of carbonyl (C=O) groups is 1. The molecule has 2 N–H and O–H groups in total. The topological polar surface area (TPSA) is 89.5 Å². The summed E-state index contributed by atoms with van der Waals surface area (Å²) in [5.41, 5.74) is 5.05. The zero-order chi connectivity index (χ0) is 14.9. The Morgan fingerprint density at radius 3 is 2.75 bits per heavy atom. The second-order valence-electron chi connectivity index (χ2n) is 4.98. The van der Waals surface area contributed by atoms with Crippen LogP contribution in [0.15, 0.2) is 18.2 Å². The van der Waals surface area contributed by atoms with Gasteiger partial charge in [0.1, 0.15) is 5.82 Å². The van der Waals surface area contributed by atoms with E-state index in [1.54, 1.807) is 7.05 Å². The fraction of sp³-hybridized carbons (Fsp3) is 0.462. The first-order chi connectivity index (χ1) is 9.45. The van der Waals surface area contributed by atoms with E-state index in [4.69, 9.17) is 5.73 Å². The molecule has 0 spiro atoms. The van der Waals surface area contributed by atoms with Crippen LogP contribution >= 0.6 is 0 Å². The van der Waals surface area contributed by atoms with E-state index in [1.807, 2.05) is 0 Å². The molecule has 0 bridgehead atoms. The largest absolute Gasteiger partial charge is 0.337 e. The Morgan fingerprint density at radius 1 is 1.60 bits per heavy atom. The molecule has 1 unspecified atom stereocenters. The molecule has 1 atom stereocenters. The SMILES string of the molecule is CN(C(=O)c1cc([N+](=O)[O-])ccc1F)C(CN)C1CC1. The van der Waals surface area contributed by atoms with Crippen LogP contribution in [0.2, 0.25) is 0 Å². The summed E-state index contributed by atoms with van der Waals surface area (Å²) in [7, 11) is 1.55. The first kappa shape index (κ1) is 14.4. The van der Waals surface area contributed by atoms with Crippen molar-refractivity contribution in [3.63, 3.8) is 0 Å². The summed E-state index contributed by atoms with van der Waals surface area (Å²) in [6.45, 7) is 0.295.